The molecule has 2 aliphatic heterocycles. The summed E-state index contributed by atoms with van der Waals surface area (Å²) in [5, 5.41) is 0. The molecule has 2 bridgehead atoms. The summed E-state index contributed by atoms with van der Waals surface area (Å²) < 4.78 is 18.4. The molecule has 4 heteroatoms. The average Bonchev–Trinajstić information content (AvgIpc) is 2.63. The van der Waals surface area contributed by atoms with E-state index in [1.165, 1.54) is 37.1 Å². The number of esters is 1. The highest BCUT2D eigenvalue weighted by atomic mass is 19.1. The van der Waals surface area contributed by atoms with Crippen LogP contribution in [0, 0.1) is 5.82 Å². The number of rotatable bonds is 2. The van der Waals surface area contributed by atoms with Crippen molar-refractivity contribution in [3.05, 3.63) is 35.6 Å². The van der Waals surface area contributed by atoms with Crippen LogP contribution in [0.5, 0.6) is 0 Å². The molecule has 19 heavy (non-hydrogen) atoms. The van der Waals surface area contributed by atoms with Gasteiger partial charge in [-0.25, -0.2) is 9.18 Å². The van der Waals surface area contributed by atoms with E-state index in [0.29, 0.717) is 17.6 Å². The highest BCUT2D eigenvalue weighted by Gasteiger charge is 2.39. The molecule has 0 aliphatic carbocycles. The Morgan fingerprint density at radius 3 is 2.37 bits per heavy atom. The summed E-state index contributed by atoms with van der Waals surface area (Å²) in [7, 11) is 2.15. The molecule has 0 spiro atoms. The van der Waals surface area contributed by atoms with E-state index in [1.54, 1.807) is 0 Å². The highest BCUT2D eigenvalue weighted by Crippen LogP contribution is 2.35. The van der Waals surface area contributed by atoms with Crippen molar-refractivity contribution in [3.63, 3.8) is 0 Å². The first-order valence-corrected chi connectivity index (χ1v) is 6.82. The first kappa shape index (κ1) is 12.6. The monoisotopic (exact) mass is 263 g/mol. The summed E-state index contributed by atoms with van der Waals surface area (Å²) in [5.41, 5.74) is 0.424. The van der Waals surface area contributed by atoms with E-state index in [-0.39, 0.29) is 17.9 Å². The van der Waals surface area contributed by atoms with Gasteiger partial charge < -0.3 is 9.64 Å². The molecule has 0 saturated carbocycles. The van der Waals surface area contributed by atoms with Crippen LogP contribution in [0.4, 0.5) is 4.39 Å². The largest absolute Gasteiger partial charge is 0.459 e. The summed E-state index contributed by atoms with van der Waals surface area (Å²) in [4.78, 5) is 14.4. The fourth-order valence-corrected chi connectivity index (χ4v) is 3.26. The molecule has 2 heterocycles. The number of carbonyl (C=O) groups is 1. The van der Waals surface area contributed by atoms with E-state index >= 15 is 0 Å². The van der Waals surface area contributed by atoms with Gasteiger partial charge in [-0.2, -0.15) is 0 Å². The number of ether oxygens (including phenoxy) is 1. The molecule has 2 aliphatic rings. The van der Waals surface area contributed by atoms with Gasteiger partial charge in [-0.05, 0) is 44.2 Å². The van der Waals surface area contributed by atoms with Crippen molar-refractivity contribution in [1.82, 2.24) is 4.90 Å². The third-order valence-electron chi connectivity index (χ3n) is 4.41. The Kier molecular flexibility index (Phi) is 3.27. The van der Waals surface area contributed by atoms with Gasteiger partial charge in [-0.15, -0.1) is 0 Å². The Morgan fingerprint density at radius 1 is 1.21 bits per heavy atom. The van der Waals surface area contributed by atoms with Gasteiger partial charge in [0.2, 0.25) is 0 Å². The van der Waals surface area contributed by atoms with E-state index in [4.69, 9.17) is 4.74 Å². The maximum absolute atomic E-state index is 12.8. The number of carbonyl (C=O) groups excluding carboxylic acids is 1. The number of hydrogen-bond acceptors (Lipinski definition) is 3. The van der Waals surface area contributed by atoms with Crippen LogP contribution in [0.15, 0.2) is 24.3 Å². The summed E-state index contributed by atoms with van der Waals surface area (Å²) in [6.45, 7) is 0. The second-order valence-corrected chi connectivity index (χ2v) is 5.56. The minimum Gasteiger partial charge on any atom is -0.459 e. The Balaban J connectivity index is 1.63. The number of fused-ring (bicyclic) bond motifs is 2. The predicted octanol–water partition coefficient (Wildman–Crippen LogP) is 2.61. The molecule has 0 amide bonds. The van der Waals surface area contributed by atoms with Crippen LogP contribution >= 0.6 is 0 Å². The van der Waals surface area contributed by atoms with Crippen molar-refractivity contribution >= 4 is 5.97 Å². The lowest BCUT2D eigenvalue weighted by molar-refractivity contribution is -0.000451. The molecule has 1 aromatic rings. The van der Waals surface area contributed by atoms with Gasteiger partial charge >= 0.3 is 5.97 Å². The van der Waals surface area contributed by atoms with Crippen LogP contribution in [0.25, 0.3) is 0 Å². The zero-order valence-corrected chi connectivity index (χ0v) is 11.0. The molecule has 2 fully saturated rings. The third kappa shape index (κ3) is 2.50. The zero-order valence-electron chi connectivity index (χ0n) is 11.0. The van der Waals surface area contributed by atoms with Crippen molar-refractivity contribution in [3.8, 4) is 0 Å². The van der Waals surface area contributed by atoms with Gasteiger partial charge in [0, 0.05) is 24.9 Å². The molecule has 2 saturated heterocycles. The zero-order chi connectivity index (χ0) is 13.4. The number of nitrogens with zero attached hydrogens (tertiary/aromatic N) is 1. The van der Waals surface area contributed by atoms with Crippen molar-refractivity contribution in [2.24, 2.45) is 0 Å². The van der Waals surface area contributed by atoms with Gasteiger partial charge in [0.1, 0.15) is 11.9 Å². The number of benzene rings is 1. The molecule has 0 unspecified atom stereocenters. The molecule has 0 N–H and O–H groups in total. The molecule has 3 rings (SSSR count). The van der Waals surface area contributed by atoms with Crippen molar-refractivity contribution in [2.75, 3.05) is 7.05 Å². The van der Waals surface area contributed by atoms with Crippen molar-refractivity contribution in [2.45, 2.75) is 43.9 Å². The third-order valence-corrected chi connectivity index (χ3v) is 4.41. The average molecular weight is 263 g/mol. The minimum atomic E-state index is -0.339. The first-order chi connectivity index (χ1) is 9.13. The smallest absolute Gasteiger partial charge is 0.338 e. The maximum atomic E-state index is 12.8. The lowest BCUT2D eigenvalue weighted by Crippen LogP contribution is -2.43. The molecular weight excluding hydrogens is 245 g/mol. The molecule has 102 valence electrons. The SMILES string of the molecule is CN1[C@H]2CC[C@H]1CC(OC(=O)c1ccc(F)cc1)C2. The Morgan fingerprint density at radius 2 is 1.79 bits per heavy atom. The molecule has 0 aromatic heterocycles. The number of halogens is 1. The summed E-state index contributed by atoms with van der Waals surface area (Å²) >= 11 is 0. The minimum absolute atomic E-state index is 0.00579. The lowest BCUT2D eigenvalue weighted by atomic mass is 10.0. The van der Waals surface area contributed by atoms with Crippen LogP contribution < -0.4 is 0 Å². The van der Waals surface area contributed by atoms with E-state index < -0.39 is 0 Å². The number of hydrogen-bond donors (Lipinski definition) is 0. The quantitative estimate of drug-likeness (QED) is 0.768. The van der Waals surface area contributed by atoms with E-state index in [9.17, 15) is 9.18 Å². The van der Waals surface area contributed by atoms with E-state index in [1.807, 2.05) is 0 Å². The lowest BCUT2D eigenvalue weighted by Gasteiger charge is -2.35. The Labute approximate surface area is 112 Å². The van der Waals surface area contributed by atoms with Crippen LogP contribution in [0.3, 0.4) is 0 Å². The molecule has 2 atom stereocenters. The van der Waals surface area contributed by atoms with Gasteiger partial charge in [0.15, 0.2) is 0 Å². The molecule has 1 aromatic carbocycles. The Hall–Kier alpha value is -1.42. The fraction of sp³-hybridized carbons (Fsp3) is 0.533. The van der Waals surface area contributed by atoms with E-state index in [0.717, 1.165) is 12.8 Å². The molecule has 3 nitrogen and oxygen atoms in total. The van der Waals surface area contributed by atoms with Crippen LogP contribution in [-0.2, 0) is 4.74 Å². The molecular formula is C15H18FNO2. The second-order valence-electron chi connectivity index (χ2n) is 5.56. The first-order valence-electron chi connectivity index (χ1n) is 6.82. The summed E-state index contributed by atoms with van der Waals surface area (Å²) in [6.07, 6.45) is 4.24. The van der Waals surface area contributed by atoms with Gasteiger partial charge in [0.25, 0.3) is 0 Å². The maximum Gasteiger partial charge on any atom is 0.338 e. The predicted molar refractivity (Wildman–Crippen MR) is 69.4 cm³/mol. The summed E-state index contributed by atoms with van der Waals surface area (Å²) in [6, 6.07) is 6.61. The standard InChI is InChI=1S/C15H18FNO2/c1-17-12-6-7-13(17)9-14(8-12)19-15(18)10-2-4-11(16)5-3-10/h2-5,12-14H,6-9H2,1H3/t12-,13-/m0/s1. The van der Waals surface area contributed by atoms with Crippen LogP contribution in [0.2, 0.25) is 0 Å². The van der Waals surface area contributed by atoms with Gasteiger partial charge in [-0.3, -0.25) is 0 Å². The van der Waals surface area contributed by atoms with Gasteiger partial charge in [-0.1, -0.05) is 0 Å². The van der Waals surface area contributed by atoms with Crippen molar-refractivity contribution < 1.29 is 13.9 Å². The highest BCUT2D eigenvalue weighted by molar-refractivity contribution is 5.89. The Bertz CT molecular complexity index is 460. The number of piperidine rings is 1. The topological polar surface area (TPSA) is 29.5 Å². The summed E-state index contributed by atoms with van der Waals surface area (Å²) in [5.74, 6) is -0.678. The van der Waals surface area contributed by atoms with Crippen LogP contribution in [-0.4, -0.2) is 36.1 Å². The molecule has 0 radical (unpaired) electrons. The van der Waals surface area contributed by atoms with Crippen LogP contribution in [0.1, 0.15) is 36.0 Å². The van der Waals surface area contributed by atoms with E-state index in [2.05, 4.69) is 11.9 Å². The van der Waals surface area contributed by atoms with Gasteiger partial charge in [0.05, 0.1) is 5.56 Å². The normalized spacial score (nSPS) is 30.3. The van der Waals surface area contributed by atoms with Crippen molar-refractivity contribution in [1.29, 1.82) is 0 Å². The second kappa shape index (κ2) is 4.93. The fourth-order valence-electron chi connectivity index (χ4n) is 3.26.